The standard InChI is InChI=1S/C22H27F2NO2/c1-14-9-15(2)22(27-13-16(3)21-12-25-7-8-26-21)17(10-14)11-18-19(23)5-4-6-20(18)24/h4-6,9-10,16,21,25H,7-8,11-13H2,1-3H3. The van der Waals surface area contributed by atoms with Crippen LogP contribution in [0, 0.1) is 31.4 Å². The average molecular weight is 375 g/mol. The Kier molecular flexibility index (Phi) is 6.45. The van der Waals surface area contributed by atoms with Crippen molar-refractivity contribution >= 4 is 0 Å². The van der Waals surface area contributed by atoms with E-state index in [1.807, 2.05) is 26.0 Å². The van der Waals surface area contributed by atoms with Gasteiger partial charge in [-0.05, 0) is 37.1 Å². The smallest absolute Gasteiger partial charge is 0.129 e. The van der Waals surface area contributed by atoms with Gasteiger partial charge in [0, 0.05) is 31.0 Å². The van der Waals surface area contributed by atoms with E-state index in [1.54, 1.807) is 0 Å². The minimum atomic E-state index is -0.532. The second kappa shape index (κ2) is 8.81. The summed E-state index contributed by atoms with van der Waals surface area (Å²) in [7, 11) is 0. The molecule has 0 radical (unpaired) electrons. The lowest BCUT2D eigenvalue weighted by Crippen LogP contribution is -2.43. The third-order valence-corrected chi connectivity index (χ3v) is 5.01. The Morgan fingerprint density at radius 1 is 1.22 bits per heavy atom. The van der Waals surface area contributed by atoms with Crippen LogP contribution in [-0.4, -0.2) is 32.4 Å². The molecule has 0 saturated carbocycles. The number of hydrogen-bond acceptors (Lipinski definition) is 3. The molecule has 0 aliphatic carbocycles. The Balaban J connectivity index is 1.80. The van der Waals surface area contributed by atoms with Crippen LogP contribution in [0.3, 0.4) is 0 Å². The first kappa shape index (κ1) is 19.8. The number of aryl methyl sites for hydroxylation is 2. The summed E-state index contributed by atoms with van der Waals surface area (Å²) in [5.41, 5.74) is 2.88. The van der Waals surface area contributed by atoms with Crippen LogP contribution in [0.4, 0.5) is 8.78 Å². The molecular weight excluding hydrogens is 348 g/mol. The summed E-state index contributed by atoms with van der Waals surface area (Å²) in [6, 6.07) is 7.93. The molecule has 1 N–H and O–H groups in total. The summed E-state index contributed by atoms with van der Waals surface area (Å²) in [6.45, 7) is 8.91. The van der Waals surface area contributed by atoms with Crippen molar-refractivity contribution in [1.82, 2.24) is 5.32 Å². The molecule has 1 aliphatic heterocycles. The summed E-state index contributed by atoms with van der Waals surface area (Å²) < 4.78 is 40.2. The fraction of sp³-hybridized carbons (Fsp3) is 0.455. The first-order chi connectivity index (χ1) is 13.0. The predicted molar refractivity (Wildman–Crippen MR) is 102 cm³/mol. The van der Waals surface area contributed by atoms with Gasteiger partial charge in [-0.2, -0.15) is 0 Å². The molecule has 2 atom stereocenters. The van der Waals surface area contributed by atoms with Gasteiger partial charge in [-0.1, -0.05) is 30.7 Å². The van der Waals surface area contributed by atoms with Crippen molar-refractivity contribution in [2.75, 3.05) is 26.3 Å². The van der Waals surface area contributed by atoms with Crippen LogP contribution in [0.25, 0.3) is 0 Å². The number of morpholine rings is 1. The zero-order valence-electron chi connectivity index (χ0n) is 16.1. The van der Waals surface area contributed by atoms with Crippen molar-refractivity contribution in [3.05, 3.63) is 64.2 Å². The van der Waals surface area contributed by atoms with Crippen molar-refractivity contribution < 1.29 is 18.3 Å². The van der Waals surface area contributed by atoms with Gasteiger partial charge in [0.15, 0.2) is 0 Å². The molecule has 2 aromatic rings. The Hall–Kier alpha value is -1.98. The van der Waals surface area contributed by atoms with E-state index >= 15 is 0 Å². The first-order valence-corrected chi connectivity index (χ1v) is 9.44. The molecule has 5 heteroatoms. The van der Waals surface area contributed by atoms with Gasteiger partial charge in [0.05, 0.1) is 19.3 Å². The SMILES string of the molecule is Cc1cc(C)c(OCC(C)C2CNCCO2)c(Cc2c(F)cccc2F)c1. The topological polar surface area (TPSA) is 30.5 Å². The van der Waals surface area contributed by atoms with E-state index < -0.39 is 11.6 Å². The summed E-state index contributed by atoms with van der Waals surface area (Å²) in [5, 5.41) is 3.33. The highest BCUT2D eigenvalue weighted by Crippen LogP contribution is 2.30. The summed E-state index contributed by atoms with van der Waals surface area (Å²) in [5.74, 6) is -0.152. The molecular formula is C22H27F2NO2. The van der Waals surface area contributed by atoms with E-state index in [1.165, 1.54) is 18.2 Å². The van der Waals surface area contributed by atoms with Gasteiger partial charge >= 0.3 is 0 Å². The second-order valence-corrected chi connectivity index (χ2v) is 7.35. The molecule has 3 rings (SSSR count). The molecule has 1 fully saturated rings. The molecule has 0 aromatic heterocycles. The number of benzene rings is 2. The molecule has 0 amide bonds. The van der Waals surface area contributed by atoms with Gasteiger partial charge in [-0.3, -0.25) is 0 Å². The molecule has 2 unspecified atom stereocenters. The maximum Gasteiger partial charge on any atom is 0.129 e. The Labute approximate surface area is 159 Å². The zero-order chi connectivity index (χ0) is 19.4. The molecule has 146 valence electrons. The van der Waals surface area contributed by atoms with E-state index in [2.05, 4.69) is 12.2 Å². The maximum atomic E-state index is 14.1. The minimum absolute atomic E-state index is 0.0696. The van der Waals surface area contributed by atoms with Gasteiger partial charge < -0.3 is 14.8 Å². The Morgan fingerprint density at radius 3 is 2.63 bits per heavy atom. The maximum absolute atomic E-state index is 14.1. The van der Waals surface area contributed by atoms with Crippen molar-refractivity contribution in [2.45, 2.75) is 33.3 Å². The lowest BCUT2D eigenvalue weighted by atomic mass is 9.98. The van der Waals surface area contributed by atoms with Gasteiger partial charge in [-0.25, -0.2) is 8.78 Å². The normalized spacial score (nSPS) is 18.3. The first-order valence-electron chi connectivity index (χ1n) is 9.44. The molecule has 1 heterocycles. The van der Waals surface area contributed by atoms with E-state index in [0.29, 0.717) is 19.0 Å². The fourth-order valence-corrected chi connectivity index (χ4v) is 3.55. The summed E-state index contributed by atoms with van der Waals surface area (Å²) in [4.78, 5) is 0. The van der Waals surface area contributed by atoms with Gasteiger partial charge in [0.25, 0.3) is 0 Å². The fourth-order valence-electron chi connectivity index (χ4n) is 3.55. The third-order valence-electron chi connectivity index (χ3n) is 5.01. The van der Waals surface area contributed by atoms with Crippen LogP contribution in [0.2, 0.25) is 0 Å². The van der Waals surface area contributed by atoms with Crippen LogP contribution in [-0.2, 0) is 11.2 Å². The van der Waals surface area contributed by atoms with Crippen molar-refractivity contribution in [3.63, 3.8) is 0 Å². The lowest BCUT2D eigenvalue weighted by molar-refractivity contribution is -0.0160. The molecule has 3 nitrogen and oxygen atoms in total. The molecule has 0 bridgehead atoms. The summed E-state index contributed by atoms with van der Waals surface area (Å²) in [6.07, 6.45) is 0.267. The Morgan fingerprint density at radius 2 is 1.96 bits per heavy atom. The largest absolute Gasteiger partial charge is 0.493 e. The highest BCUT2D eigenvalue weighted by molar-refractivity contribution is 5.46. The number of nitrogens with one attached hydrogen (secondary N) is 1. The third kappa shape index (κ3) is 4.85. The lowest BCUT2D eigenvalue weighted by Gasteiger charge is -2.29. The van der Waals surface area contributed by atoms with E-state index in [-0.39, 0.29) is 24.0 Å². The number of ether oxygens (including phenoxy) is 2. The van der Waals surface area contributed by atoms with Crippen LogP contribution < -0.4 is 10.1 Å². The molecule has 1 saturated heterocycles. The molecule has 2 aromatic carbocycles. The number of halogens is 2. The minimum Gasteiger partial charge on any atom is -0.493 e. The highest BCUT2D eigenvalue weighted by atomic mass is 19.1. The quantitative estimate of drug-likeness (QED) is 0.822. The molecule has 0 spiro atoms. The molecule has 27 heavy (non-hydrogen) atoms. The van der Waals surface area contributed by atoms with Gasteiger partial charge in [0.1, 0.15) is 17.4 Å². The van der Waals surface area contributed by atoms with Gasteiger partial charge in [-0.15, -0.1) is 0 Å². The van der Waals surface area contributed by atoms with Crippen LogP contribution in [0.15, 0.2) is 30.3 Å². The van der Waals surface area contributed by atoms with E-state index in [9.17, 15) is 8.78 Å². The van der Waals surface area contributed by atoms with E-state index in [4.69, 9.17) is 9.47 Å². The van der Waals surface area contributed by atoms with Gasteiger partial charge in [0.2, 0.25) is 0 Å². The van der Waals surface area contributed by atoms with Crippen LogP contribution in [0.5, 0.6) is 5.75 Å². The molecule has 1 aliphatic rings. The van der Waals surface area contributed by atoms with Crippen LogP contribution >= 0.6 is 0 Å². The predicted octanol–water partition coefficient (Wildman–Crippen LogP) is 4.18. The van der Waals surface area contributed by atoms with E-state index in [0.717, 1.165) is 29.8 Å². The zero-order valence-corrected chi connectivity index (χ0v) is 16.1. The monoisotopic (exact) mass is 375 g/mol. The highest BCUT2D eigenvalue weighted by Gasteiger charge is 2.22. The number of rotatable bonds is 6. The van der Waals surface area contributed by atoms with Crippen molar-refractivity contribution in [3.8, 4) is 5.75 Å². The number of hydrogen-bond donors (Lipinski definition) is 1. The average Bonchev–Trinajstić information content (AvgIpc) is 2.64. The Bertz CT molecular complexity index is 768. The van der Waals surface area contributed by atoms with Crippen molar-refractivity contribution in [1.29, 1.82) is 0 Å². The summed E-state index contributed by atoms with van der Waals surface area (Å²) >= 11 is 0. The van der Waals surface area contributed by atoms with Crippen molar-refractivity contribution in [2.24, 2.45) is 5.92 Å². The van der Waals surface area contributed by atoms with Crippen LogP contribution in [0.1, 0.15) is 29.2 Å². The second-order valence-electron chi connectivity index (χ2n) is 7.35.